The quantitative estimate of drug-likeness (QED) is 0.565. The number of aromatic amines is 1. The number of piperazine rings is 1. The van der Waals surface area contributed by atoms with Crippen molar-refractivity contribution in [3.8, 4) is 11.4 Å². The van der Waals surface area contributed by atoms with Crippen molar-refractivity contribution in [2.75, 3.05) is 31.1 Å². The molecule has 1 aliphatic heterocycles. The molecular formula is C20H28F3N7O. The van der Waals surface area contributed by atoms with Gasteiger partial charge in [0, 0.05) is 54.5 Å². The number of fused-ring (bicyclic) bond motifs is 1. The zero-order chi connectivity index (χ0) is 22.0. The molecule has 0 saturated carbocycles. The number of amides is 1. The Kier molecular flexibility index (Phi) is 5.77. The maximum atomic E-state index is 13.7. The van der Waals surface area contributed by atoms with E-state index in [1.54, 1.807) is 12.1 Å². The van der Waals surface area contributed by atoms with Crippen LogP contribution in [0.2, 0.25) is 0 Å². The number of pyridine rings is 2. The Bertz CT molecular complexity index is 1100. The van der Waals surface area contributed by atoms with Gasteiger partial charge in [0.25, 0.3) is 0 Å². The molecule has 4 heterocycles. The molecule has 0 aromatic carbocycles. The molecule has 4 rings (SSSR count). The summed E-state index contributed by atoms with van der Waals surface area (Å²) in [6, 6.07) is 5.59. The molecule has 170 valence electrons. The molecule has 1 amide bonds. The molecule has 0 aliphatic carbocycles. The first-order valence-corrected chi connectivity index (χ1v) is 9.99. The molecule has 8 nitrogen and oxygen atoms in total. The SMILES string of the molecule is CCNC(=O)CC1CN(c2ccc(C(F)(F)F)c(-c3[nH]nc4ncccc34)n2)CCN1.[HH].[HH].[HH]. The molecule has 1 aliphatic rings. The lowest BCUT2D eigenvalue weighted by molar-refractivity contribution is -0.137. The highest BCUT2D eigenvalue weighted by molar-refractivity contribution is 5.90. The Hall–Kier alpha value is -3.21. The molecular weight excluding hydrogens is 411 g/mol. The van der Waals surface area contributed by atoms with Crippen molar-refractivity contribution in [2.24, 2.45) is 0 Å². The molecule has 0 bridgehead atoms. The molecule has 0 spiro atoms. The third-order valence-electron chi connectivity index (χ3n) is 5.14. The van der Waals surface area contributed by atoms with Gasteiger partial charge in [-0.05, 0) is 31.2 Å². The van der Waals surface area contributed by atoms with E-state index in [0.717, 1.165) is 6.07 Å². The van der Waals surface area contributed by atoms with E-state index in [-0.39, 0.29) is 34.0 Å². The van der Waals surface area contributed by atoms with Gasteiger partial charge in [-0.25, -0.2) is 9.97 Å². The van der Waals surface area contributed by atoms with Gasteiger partial charge in [0.15, 0.2) is 5.65 Å². The molecule has 1 atom stereocenters. The van der Waals surface area contributed by atoms with Gasteiger partial charge in [0.1, 0.15) is 11.5 Å². The van der Waals surface area contributed by atoms with Crippen LogP contribution in [-0.4, -0.2) is 58.3 Å². The van der Waals surface area contributed by atoms with E-state index in [2.05, 4.69) is 30.8 Å². The second-order valence-electron chi connectivity index (χ2n) is 7.29. The fourth-order valence-corrected chi connectivity index (χ4v) is 3.74. The number of nitrogens with zero attached hydrogens (tertiary/aromatic N) is 4. The van der Waals surface area contributed by atoms with Crippen molar-refractivity contribution >= 4 is 22.8 Å². The van der Waals surface area contributed by atoms with Crippen molar-refractivity contribution in [3.63, 3.8) is 0 Å². The van der Waals surface area contributed by atoms with Gasteiger partial charge < -0.3 is 15.5 Å². The van der Waals surface area contributed by atoms with Crippen LogP contribution in [0.5, 0.6) is 0 Å². The molecule has 1 fully saturated rings. The van der Waals surface area contributed by atoms with Gasteiger partial charge in [0.2, 0.25) is 5.91 Å². The van der Waals surface area contributed by atoms with Gasteiger partial charge in [-0.15, -0.1) is 0 Å². The van der Waals surface area contributed by atoms with E-state index in [1.807, 2.05) is 11.8 Å². The minimum Gasteiger partial charge on any atom is -0.356 e. The summed E-state index contributed by atoms with van der Waals surface area (Å²) in [6.45, 7) is 4.02. The maximum Gasteiger partial charge on any atom is 0.418 e. The first-order valence-electron chi connectivity index (χ1n) is 9.99. The van der Waals surface area contributed by atoms with Crippen LogP contribution in [0.1, 0.15) is 23.2 Å². The summed E-state index contributed by atoms with van der Waals surface area (Å²) in [5.41, 5.74) is -0.577. The largest absolute Gasteiger partial charge is 0.418 e. The predicted octanol–water partition coefficient (Wildman–Crippen LogP) is 3.08. The third-order valence-corrected chi connectivity index (χ3v) is 5.14. The summed E-state index contributed by atoms with van der Waals surface area (Å²) >= 11 is 0. The van der Waals surface area contributed by atoms with Gasteiger partial charge >= 0.3 is 6.18 Å². The van der Waals surface area contributed by atoms with Crippen molar-refractivity contribution in [3.05, 3.63) is 36.0 Å². The first kappa shape index (κ1) is 21.0. The molecule has 1 unspecified atom stereocenters. The van der Waals surface area contributed by atoms with Crippen LogP contribution in [0.25, 0.3) is 22.4 Å². The van der Waals surface area contributed by atoms with E-state index in [1.165, 1.54) is 12.3 Å². The summed E-state index contributed by atoms with van der Waals surface area (Å²) in [5, 5.41) is 13.2. The van der Waals surface area contributed by atoms with Crippen molar-refractivity contribution in [1.29, 1.82) is 0 Å². The standard InChI is InChI=1S/C20H22F3N7O.3H2/c1-2-24-16(31)10-12-11-30(9-8-25-12)15-6-5-14(20(21,22)23)18(27-15)17-13-4-3-7-26-19(13)29-28-17;;;/h3-7,12,25H,2,8-11H2,1H3,(H,24,31)(H,26,28,29);3*1H. The maximum absolute atomic E-state index is 13.7. The fourth-order valence-electron chi connectivity index (χ4n) is 3.74. The molecule has 31 heavy (non-hydrogen) atoms. The number of alkyl halides is 3. The number of H-pyrrole nitrogens is 1. The van der Waals surface area contributed by atoms with E-state index < -0.39 is 11.7 Å². The molecule has 3 N–H and O–H groups in total. The second kappa shape index (κ2) is 8.50. The lowest BCUT2D eigenvalue weighted by Gasteiger charge is -2.34. The average Bonchev–Trinajstić information content (AvgIpc) is 3.17. The Morgan fingerprint density at radius 2 is 2.19 bits per heavy atom. The van der Waals surface area contributed by atoms with Gasteiger partial charge in [-0.1, -0.05) is 0 Å². The number of carbonyl (C=O) groups is 1. The number of nitrogens with one attached hydrogen (secondary N) is 3. The number of halogens is 3. The van der Waals surface area contributed by atoms with E-state index in [9.17, 15) is 18.0 Å². The zero-order valence-electron chi connectivity index (χ0n) is 16.8. The first-order chi connectivity index (χ1) is 14.9. The molecule has 3 aromatic rings. The zero-order valence-corrected chi connectivity index (χ0v) is 16.8. The van der Waals surface area contributed by atoms with E-state index in [4.69, 9.17) is 0 Å². The third kappa shape index (κ3) is 4.46. The predicted molar refractivity (Wildman–Crippen MR) is 116 cm³/mol. The Balaban J connectivity index is 0.00000193. The summed E-state index contributed by atoms with van der Waals surface area (Å²) in [7, 11) is 0. The van der Waals surface area contributed by atoms with Crippen LogP contribution < -0.4 is 15.5 Å². The highest BCUT2D eigenvalue weighted by Gasteiger charge is 2.36. The van der Waals surface area contributed by atoms with Crippen LogP contribution >= 0.6 is 0 Å². The Labute approximate surface area is 180 Å². The number of hydrogen-bond acceptors (Lipinski definition) is 6. The van der Waals surface area contributed by atoms with Crippen molar-refractivity contribution < 1.29 is 22.2 Å². The van der Waals surface area contributed by atoms with Crippen LogP contribution in [-0.2, 0) is 11.0 Å². The second-order valence-corrected chi connectivity index (χ2v) is 7.29. The summed E-state index contributed by atoms with van der Waals surface area (Å²) < 4.78 is 41.2. The molecule has 1 saturated heterocycles. The topological polar surface area (TPSA) is 98.8 Å². The average molecular weight is 439 g/mol. The van der Waals surface area contributed by atoms with E-state index in [0.29, 0.717) is 43.0 Å². The fraction of sp³-hybridized carbons (Fsp3) is 0.400. The number of rotatable bonds is 5. The number of hydrogen-bond donors (Lipinski definition) is 3. The van der Waals surface area contributed by atoms with Gasteiger partial charge in [-0.3, -0.25) is 9.89 Å². The molecule has 3 aromatic heterocycles. The van der Waals surface area contributed by atoms with Gasteiger partial charge in [-0.2, -0.15) is 18.3 Å². The van der Waals surface area contributed by atoms with Crippen molar-refractivity contribution in [1.82, 2.24) is 30.8 Å². The van der Waals surface area contributed by atoms with Gasteiger partial charge in [0.05, 0.1) is 11.3 Å². The van der Waals surface area contributed by atoms with Crippen LogP contribution in [0.15, 0.2) is 30.5 Å². The monoisotopic (exact) mass is 439 g/mol. The lowest BCUT2D eigenvalue weighted by atomic mass is 10.1. The summed E-state index contributed by atoms with van der Waals surface area (Å²) in [4.78, 5) is 22.3. The Morgan fingerprint density at radius 1 is 1.35 bits per heavy atom. The summed E-state index contributed by atoms with van der Waals surface area (Å²) in [6.07, 6.45) is -2.77. The van der Waals surface area contributed by atoms with Crippen LogP contribution in [0, 0.1) is 0 Å². The Morgan fingerprint density at radius 3 is 2.97 bits per heavy atom. The van der Waals surface area contributed by atoms with Crippen molar-refractivity contribution in [2.45, 2.75) is 25.6 Å². The van der Waals surface area contributed by atoms with Crippen LogP contribution in [0.3, 0.4) is 0 Å². The molecule has 11 heteroatoms. The molecule has 0 radical (unpaired) electrons. The minimum absolute atomic E-state index is 0. The highest BCUT2D eigenvalue weighted by Crippen LogP contribution is 2.38. The minimum atomic E-state index is -4.58. The van der Waals surface area contributed by atoms with Crippen LogP contribution in [0.4, 0.5) is 19.0 Å². The number of anilines is 1. The smallest absolute Gasteiger partial charge is 0.356 e. The summed E-state index contributed by atoms with van der Waals surface area (Å²) in [5.74, 6) is 0.344. The number of aromatic nitrogens is 4. The lowest BCUT2D eigenvalue weighted by Crippen LogP contribution is -2.52. The number of carbonyl (C=O) groups excluding carboxylic acids is 1. The normalized spacial score (nSPS) is 17.2. The van der Waals surface area contributed by atoms with E-state index >= 15 is 0 Å². The highest BCUT2D eigenvalue weighted by atomic mass is 19.4.